The van der Waals surface area contributed by atoms with Gasteiger partial charge in [0, 0.05) is 18.0 Å². The molecule has 15 heteroatoms. The number of esters is 1. The van der Waals surface area contributed by atoms with E-state index in [1.54, 1.807) is 4.90 Å². The van der Waals surface area contributed by atoms with Crippen molar-refractivity contribution in [3.8, 4) is 0 Å². The van der Waals surface area contributed by atoms with Crippen molar-refractivity contribution in [2.45, 2.75) is 91.6 Å². The third-order valence-corrected chi connectivity index (χ3v) is 13.1. The number of carbonyl (C=O) groups excluding carboxylic acids is 3. The molecule has 4 heterocycles. The van der Waals surface area contributed by atoms with Crippen molar-refractivity contribution in [1.82, 2.24) is 9.80 Å². The minimum atomic E-state index is -1.24. The lowest BCUT2D eigenvalue weighted by Gasteiger charge is -2.48. The van der Waals surface area contributed by atoms with Crippen molar-refractivity contribution < 1.29 is 52.3 Å². The maximum absolute atomic E-state index is 14.2. The van der Waals surface area contributed by atoms with Gasteiger partial charge in [0.2, 0.25) is 0 Å². The van der Waals surface area contributed by atoms with Crippen LogP contribution in [0, 0.1) is 0 Å². The Bertz CT molecular complexity index is 2320. The van der Waals surface area contributed by atoms with Crippen LogP contribution >= 0.6 is 23.4 Å². The normalized spacial score (nSPS) is 27.1. The first-order valence-corrected chi connectivity index (χ1v) is 23.0. The molecule has 338 valence electrons. The van der Waals surface area contributed by atoms with Gasteiger partial charge in [0.15, 0.2) is 24.6 Å². The number of hydrogen-bond donors (Lipinski definition) is 0. The summed E-state index contributed by atoms with van der Waals surface area (Å²) in [5.74, 6) is -1.16. The summed E-state index contributed by atoms with van der Waals surface area (Å²) in [6.07, 6.45) is -8.31. The predicted octanol–water partition coefficient (Wildman–Crippen LogP) is 7.98. The SMILES string of the molecule is O=C(CCl)O[C@H]1[C@@H]2OC(=O)N(Cc3ccccc3)[C@H]2[C@@H](O[C@@H]2[C@@H]3OC(=O)N(Cc4ccccc4)[C@H]3[C@H](Sc3ccccc3)O[C@@H]2COCc2ccccc2)O[C@@H]1COCc1ccccc1. The second-order valence-corrected chi connectivity index (χ2v) is 17.6. The number of rotatable bonds is 18. The van der Waals surface area contributed by atoms with Crippen LogP contribution in [0.2, 0.25) is 0 Å². The van der Waals surface area contributed by atoms with Crippen LogP contribution in [-0.2, 0) is 69.0 Å². The molecule has 9 rings (SSSR count). The lowest BCUT2D eigenvalue weighted by Crippen LogP contribution is -2.66. The van der Waals surface area contributed by atoms with Crippen molar-refractivity contribution in [2.75, 3.05) is 19.1 Å². The largest absolute Gasteiger partial charge is 0.455 e. The van der Waals surface area contributed by atoms with E-state index in [-0.39, 0.29) is 39.5 Å². The molecule has 0 spiro atoms. The van der Waals surface area contributed by atoms with Crippen molar-refractivity contribution in [1.29, 1.82) is 0 Å². The Morgan fingerprint density at radius 2 is 1.02 bits per heavy atom. The molecule has 4 saturated heterocycles. The topological polar surface area (TPSA) is 132 Å². The maximum atomic E-state index is 14.2. The predicted molar refractivity (Wildman–Crippen MR) is 239 cm³/mol. The fourth-order valence-corrected chi connectivity index (χ4v) is 9.99. The summed E-state index contributed by atoms with van der Waals surface area (Å²) in [5.41, 5.74) is 2.99. The Morgan fingerprint density at radius 3 is 1.52 bits per heavy atom. The van der Waals surface area contributed by atoms with Crippen LogP contribution in [0.3, 0.4) is 0 Å². The van der Waals surface area contributed by atoms with Crippen LogP contribution < -0.4 is 0 Å². The molecule has 4 fully saturated rings. The third-order valence-electron chi connectivity index (χ3n) is 11.7. The summed E-state index contributed by atoms with van der Waals surface area (Å²) in [6.45, 7) is 0.872. The highest BCUT2D eigenvalue weighted by Crippen LogP contribution is 2.44. The number of nitrogens with zero attached hydrogens (tertiary/aromatic N) is 2. The Hall–Kier alpha value is -5.45. The fourth-order valence-electron chi connectivity index (χ4n) is 8.71. The highest BCUT2D eigenvalue weighted by Gasteiger charge is 2.62. The van der Waals surface area contributed by atoms with Crippen molar-refractivity contribution in [2.24, 2.45) is 0 Å². The van der Waals surface area contributed by atoms with Crippen molar-refractivity contribution >= 4 is 41.5 Å². The zero-order valence-electron chi connectivity index (χ0n) is 35.3. The molecule has 0 N–H and O–H groups in total. The molecule has 0 aromatic heterocycles. The molecule has 0 radical (unpaired) electrons. The van der Waals surface area contributed by atoms with Gasteiger partial charge in [0.25, 0.3) is 0 Å². The van der Waals surface area contributed by atoms with E-state index in [1.807, 2.05) is 152 Å². The molecule has 10 atom stereocenters. The van der Waals surface area contributed by atoms with Crippen LogP contribution in [0.25, 0.3) is 0 Å². The summed E-state index contributed by atoms with van der Waals surface area (Å²) < 4.78 is 52.1. The summed E-state index contributed by atoms with van der Waals surface area (Å²) in [7, 11) is 0. The van der Waals surface area contributed by atoms with Gasteiger partial charge in [-0.1, -0.05) is 151 Å². The van der Waals surface area contributed by atoms with Crippen LogP contribution in [0.15, 0.2) is 157 Å². The molecule has 2 amide bonds. The average molecular weight is 921 g/mol. The van der Waals surface area contributed by atoms with Gasteiger partial charge in [-0.25, -0.2) is 9.59 Å². The second-order valence-electron chi connectivity index (χ2n) is 16.1. The van der Waals surface area contributed by atoms with Crippen molar-refractivity contribution in [3.63, 3.8) is 0 Å². The van der Waals surface area contributed by atoms with E-state index in [2.05, 4.69) is 0 Å². The van der Waals surface area contributed by atoms with Crippen LogP contribution in [0.1, 0.15) is 22.3 Å². The summed E-state index contributed by atoms with van der Waals surface area (Å²) in [4.78, 5) is 45.4. The molecular formula is C50H49ClN2O11S. The average Bonchev–Trinajstić information content (AvgIpc) is 3.84. The van der Waals surface area contributed by atoms with Gasteiger partial charge >= 0.3 is 18.2 Å². The van der Waals surface area contributed by atoms with Gasteiger partial charge in [-0.05, 0) is 34.4 Å². The third kappa shape index (κ3) is 10.7. The minimum absolute atomic E-state index is 0.0500. The lowest BCUT2D eigenvalue weighted by atomic mass is 9.94. The van der Waals surface area contributed by atoms with Gasteiger partial charge in [-0.2, -0.15) is 0 Å². The summed E-state index contributed by atoms with van der Waals surface area (Å²) in [6, 6.07) is 46.7. The van der Waals surface area contributed by atoms with Gasteiger partial charge in [-0.3, -0.25) is 14.6 Å². The Kier molecular flexibility index (Phi) is 14.6. The first kappa shape index (κ1) is 44.7. The fraction of sp³-hybridized carbons (Fsp3) is 0.340. The molecule has 5 aromatic rings. The first-order valence-electron chi connectivity index (χ1n) is 21.6. The molecule has 0 aliphatic carbocycles. The number of hydrogen-bond acceptors (Lipinski definition) is 12. The summed E-state index contributed by atoms with van der Waals surface area (Å²) >= 11 is 7.48. The van der Waals surface area contributed by atoms with Crippen LogP contribution in [-0.4, -0.2) is 107 Å². The first-order chi connectivity index (χ1) is 31.9. The van der Waals surface area contributed by atoms with Crippen LogP contribution in [0.5, 0.6) is 0 Å². The van der Waals surface area contributed by atoms with E-state index >= 15 is 0 Å². The number of benzene rings is 5. The number of halogens is 1. The zero-order valence-corrected chi connectivity index (χ0v) is 36.9. The number of amides is 2. The molecular weight excluding hydrogens is 872 g/mol. The minimum Gasteiger partial charge on any atom is -0.455 e. The smallest absolute Gasteiger partial charge is 0.411 e. The van der Waals surface area contributed by atoms with Gasteiger partial charge < -0.3 is 37.9 Å². The van der Waals surface area contributed by atoms with Gasteiger partial charge in [0.05, 0.1) is 26.4 Å². The van der Waals surface area contributed by atoms with Gasteiger partial charge in [-0.15, -0.1) is 11.6 Å². The Balaban J connectivity index is 1.08. The number of ether oxygens (including phenoxy) is 8. The van der Waals surface area contributed by atoms with Crippen LogP contribution in [0.4, 0.5) is 9.59 Å². The summed E-state index contributed by atoms with van der Waals surface area (Å²) in [5, 5.41) is 0. The molecule has 0 bridgehead atoms. The zero-order chi connectivity index (χ0) is 44.5. The number of fused-ring (bicyclic) bond motifs is 2. The van der Waals surface area contributed by atoms with E-state index < -0.39 is 84.5 Å². The van der Waals surface area contributed by atoms with E-state index in [1.165, 1.54) is 16.7 Å². The number of carbonyl (C=O) groups is 3. The Labute approximate surface area is 386 Å². The quantitative estimate of drug-likeness (QED) is 0.0480. The number of alkyl halides is 1. The number of thioether (sulfide) groups is 1. The molecule has 0 unspecified atom stereocenters. The van der Waals surface area contributed by atoms with E-state index in [0.717, 1.165) is 27.1 Å². The van der Waals surface area contributed by atoms with E-state index in [4.69, 9.17) is 49.5 Å². The molecule has 0 saturated carbocycles. The second kappa shape index (κ2) is 21.2. The van der Waals surface area contributed by atoms with Gasteiger partial charge in [0.1, 0.15) is 41.7 Å². The Morgan fingerprint density at radius 1 is 0.569 bits per heavy atom. The highest BCUT2D eigenvalue weighted by molar-refractivity contribution is 7.99. The van der Waals surface area contributed by atoms with Crippen molar-refractivity contribution in [3.05, 3.63) is 174 Å². The van der Waals surface area contributed by atoms with E-state index in [9.17, 15) is 14.4 Å². The standard InChI is InChI=1S/C50H49ClN2O11S/c51-26-40(54)61-43-38(31-57-29-35-20-10-3-11-21-35)59-47(41-45(43)63-49(55)52(41)27-33-16-6-1-7-17-33)62-44-39(32-58-30-36-22-12-4-13-23-36)60-48(65-37-24-14-5-15-25-37)42-46(44)64-50(56)53(42)28-34-18-8-2-9-19-34/h1-25,38-39,41-48H,26-32H2/t38-,39-,41-,42-,43-,44+,45-,46-,47-,48+/m1/s1. The maximum Gasteiger partial charge on any atom is 0.411 e. The monoisotopic (exact) mass is 920 g/mol. The molecule has 5 aromatic carbocycles. The molecule has 4 aliphatic rings. The molecule has 4 aliphatic heterocycles. The molecule has 13 nitrogen and oxygen atoms in total. The molecule has 65 heavy (non-hydrogen) atoms. The lowest BCUT2D eigenvalue weighted by molar-refractivity contribution is -0.311. The highest BCUT2D eigenvalue weighted by atomic mass is 35.5. The van der Waals surface area contributed by atoms with E-state index in [0.29, 0.717) is 0 Å².